The molecule has 2 N–H and O–H groups in total. The third kappa shape index (κ3) is 17.7. The highest BCUT2D eigenvalue weighted by Gasteiger charge is 2.23. The minimum atomic E-state index is -4.00. The summed E-state index contributed by atoms with van der Waals surface area (Å²) in [5.41, 5.74) is 0. The second-order valence-electron chi connectivity index (χ2n) is 8.16. The van der Waals surface area contributed by atoms with Crippen molar-refractivity contribution in [2.75, 3.05) is 0 Å². The van der Waals surface area contributed by atoms with E-state index in [1.165, 1.54) is 70.6 Å². The minimum absolute atomic E-state index is 0.353. The van der Waals surface area contributed by atoms with Crippen LogP contribution in [0.5, 0.6) is 0 Å². The SMILES string of the molecule is CCCCCCCCCCCCCCCCC(CCC(O)CC)S(=O)(=O)O. The number of rotatable bonds is 20. The normalized spacial score (nSPS) is 14.4. The Kier molecular flexibility index (Phi) is 17.8. The fourth-order valence-corrected chi connectivity index (χ4v) is 4.49. The number of hydrogen-bond acceptors (Lipinski definition) is 3. The summed E-state index contributed by atoms with van der Waals surface area (Å²) in [4.78, 5) is 0. The highest BCUT2D eigenvalue weighted by atomic mass is 32.2. The van der Waals surface area contributed by atoms with Gasteiger partial charge in [-0.3, -0.25) is 4.55 Å². The maximum atomic E-state index is 11.5. The third-order valence-corrected chi connectivity index (χ3v) is 6.91. The van der Waals surface area contributed by atoms with E-state index in [-0.39, 0.29) is 0 Å². The highest BCUT2D eigenvalue weighted by molar-refractivity contribution is 7.86. The Labute approximate surface area is 169 Å². The highest BCUT2D eigenvalue weighted by Crippen LogP contribution is 2.19. The standard InChI is InChI=1S/C22H46O4S/c1-3-5-6-7-8-9-10-11-12-13-14-15-16-17-18-22(27(24,25)26)20-19-21(23)4-2/h21-23H,3-20H2,1-2H3,(H,24,25,26). The summed E-state index contributed by atoms with van der Waals surface area (Å²) in [6.07, 6.45) is 19.3. The lowest BCUT2D eigenvalue weighted by Crippen LogP contribution is -2.22. The lowest BCUT2D eigenvalue weighted by atomic mass is 10.0. The molecule has 0 aliphatic carbocycles. The van der Waals surface area contributed by atoms with Crippen molar-refractivity contribution in [1.82, 2.24) is 0 Å². The van der Waals surface area contributed by atoms with Crippen molar-refractivity contribution in [2.45, 2.75) is 141 Å². The van der Waals surface area contributed by atoms with Gasteiger partial charge >= 0.3 is 0 Å². The number of aliphatic hydroxyl groups is 1. The molecule has 0 saturated heterocycles. The molecule has 5 heteroatoms. The van der Waals surface area contributed by atoms with Gasteiger partial charge in [0.2, 0.25) is 0 Å². The van der Waals surface area contributed by atoms with E-state index in [4.69, 9.17) is 0 Å². The Morgan fingerprint density at radius 2 is 1.04 bits per heavy atom. The summed E-state index contributed by atoms with van der Waals surface area (Å²) >= 11 is 0. The van der Waals surface area contributed by atoms with Crippen LogP contribution < -0.4 is 0 Å². The number of unbranched alkanes of at least 4 members (excludes halogenated alkanes) is 13. The molecular formula is C22H46O4S. The van der Waals surface area contributed by atoms with E-state index in [9.17, 15) is 18.1 Å². The predicted octanol–water partition coefficient (Wildman–Crippen LogP) is 6.67. The summed E-state index contributed by atoms with van der Waals surface area (Å²) in [6, 6.07) is 0. The van der Waals surface area contributed by atoms with Crippen LogP contribution in [0.2, 0.25) is 0 Å². The monoisotopic (exact) mass is 406 g/mol. The maximum absolute atomic E-state index is 11.5. The molecule has 4 nitrogen and oxygen atoms in total. The first kappa shape index (κ1) is 26.9. The molecule has 0 amide bonds. The summed E-state index contributed by atoms with van der Waals surface area (Å²) in [6.45, 7) is 4.13. The van der Waals surface area contributed by atoms with Crippen LogP contribution in [-0.2, 0) is 10.1 Å². The van der Waals surface area contributed by atoms with E-state index < -0.39 is 21.5 Å². The van der Waals surface area contributed by atoms with Crippen LogP contribution in [0, 0.1) is 0 Å². The van der Waals surface area contributed by atoms with E-state index >= 15 is 0 Å². The molecule has 164 valence electrons. The second-order valence-corrected chi connectivity index (χ2v) is 9.86. The number of aliphatic hydroxyl groups excluding tert-OH is 1. The third-order valence-electron chi connectivity index (χ3n) is 5.59. The molecule has 0 aliphatic rings. The lowest BCUT2D eigenvalue weighted by molar-refractivity contribution is 0.156. The quantitative estimate of drug-likeness (QED) is 0.175. The van der Waals surface area contributed by atoms with Crippen molar-refractivity contribution < 1.29 is 18.1 Å². The Morgan fingerprint density at radius 1 is 0.630 bits per heavy atom. The van der Waals surface area contributed by atoms with Gasteiger partial charge in [0.15, 0.2) is 0 Å². The van der Waals surface area contributed by atoms with Crippen molar-refractivity contribution in [3.05, 3.63) is 0 Å². The number of hydrogen-bond donors (Lipinski definition) is 2. The van der Waals surface area contributed by atoms with Gasteiger partial charge in [0.25, 0.3) is 10.1 Å². The average molecular weight is 407 g/mol. The van der Waals surface area contributed by atoms with Crippen LogP contribution in [0.25, 0.3) is 0 Å². The molecule has 0 aromatic heterocycles. The first-order valence-electron chi connectivity index (χ1n) is 11.6. The Balaban J connectivity index is 3.54. The molecule has 0 aliphatic heterocycles. The van der Waals surface area contributed by atoms with Gasteiger partial charge < -0.3 is 5.11 Å². The van der Waals surface area contributed by atoms with Crippen molar-refractivity contribution >= 4 is 10.1 Å². The Hall–Kier alpha value is -0.130. The second kappa shape index (κ2) is 17.9. The van der Waals surface area contributed by atoms with Crippen LogP contribution in [-0.4, -0.2) is 29.4 Å². The zero-order valence-electron chi connectivity index (χ0n) is 18.0. The molecular weight excluding hydrogens is 360 g/mol. The van der Waals surface area contributed by atoms with Gasteiger partial charge in [0.05, 0.1) is 11.4 Å². The van der Waals surface area contributed by atoms with Crippen LogP contribution >= 0.6 is 0 Å². The summed E-state index contributed by atoms with van der Waals surface area (Å²) < 4.78 is 32.3. The lowest BCUT2D eigenvalue weighted by Gasteiger charge is -2.15. The first-order chi connectivity index (χ1) is 12.9. The topological polar surface area (TPSA) is 74.6 Å². The van der Waals surface area contributed by atoms with E-state index in [1.54, 1.807) is 0 Å². The summed E-state index contributed by atoms with van der Waals surface area (Å²) in [7, 11) is -4.00. The predicted molar refractivity (Wildman–Crippen MR) is 116 cm³/mol. The van der Waals surface area contributed by atoms with Gasteiger partial charge in [-0.2, -0.15) is 8.42 Å². The molecule has 0 spiro atoms. The fraction of sp³-hybridized carbons (Fsp3) is 1.00. The van der Waals surface area contributed by atoms with Crippen molar-refractivity contribution in [3.63, 3.8) is 0 Å². The van der Waals surface area contributed by atoms with E-state index in [0.717, 1.165) is 19.3 Å². The van der Waals surface area contributed by atoms with E-state index in [1.807, 2.05) is 6.92 Å². The molecule has 0 fully saturated rings. The molecule has 0 bridgehead atoms. The zero-order chi connectivity index (χ0) is 20.4. The maximum Gasteiger partial charge on any atom is 0.267 e. The molecule has 0 heterocycles. The van der Waals surface area contributed by atoms with Gasteiger partial charge in [-0.1, -0.05) is 104 Å². The van der Waals surface area contributed by atoms with E-state index in [0.29, 0.717) is 25.7 Å². The average Bonchev–Trinajstić information content (AvgIpc) is 2.62. The molecule has 27 heavy (non-hydrogen) atoms. The van der Waals surface area contributed by atoms with Crippen LogP contribution in [0.3, 0.4) is 0 Å². The van der Waals surface area contributed by atoms with Gasteiger partial charge in [0, 0.05) is 0 Å². The van der Waals surface area contributed by atoms with Gasteiger partial charge in [0.1, 0.15) is 0 Å². The molecule has 2 atom stereocenters. The molecule has 0 rings (SSSR count). The zero-order valence-corrected chi connectivity index (χ0v) is 18.8. The van der Waals surface area contributed by atoms with Crippen molar-refractivity contribution in [3.8, 4) is 0 Å². The minimum Gasteiger partial charge on any atom is -0.393 e. The van der Waals surface area contributed by atoms with Gasteiger partial charge in [-0.15, -0.1) is 0 Å². The van der Waals surface area contributed by atoms with Crippen LogP contribution in [0.4, 0.5) is 0 Å². The van der Waals surface area contributed by atoms with Crippen molar-refractivity contribution in [2.24, 2.45) is 0 Å². The Bertz CT molecular complexity index is 409. The molecule has 0 radical (unpaired) electrons. The molecule has 2 unspecified atom stereocenters. The largest absolute Gasteiger partial charge is 0.393 e. The van der Waals surface area contributed by atoms with Gasteiger partial charge in [-0.05, 0) is 25.7 Å². The van der Waals surface area contributed by atoms with Crippen molar-refractivity contribution in [1.29, 1.82) is 0 Å². The fourth-order valence-electron chi connectivity index (χ4n) is 3.59. The molecule has 0 aromatic rings. The van der Waals surface area contributed by atoms with Crippen LogP contribution in [0.15, 0.2) is 0 Å². The Morgan fingerprint density at radius 3 is 1.41 bits per heavy atom. The first-order valence-corrected chi connectivity index (χ1v) is 13.1. The molecule has 0 saturated carbocycles. The summed E-state index contributed by atoms with van der Waals surface area (Å²) in [5.74, 6) is 0. The van der Waals surface area contributed by atoms with E-state index in [2.05, 4.69) is 6.92 Å². The molecule has 0 aromatic carbocycles. The summed E-state index contributed by atoms with van der Waals surface area (Å²) in [5, 5.41) is 8.88. The smallest absolute Gasteiger partial charge is 0.267 e. The van der Waals surface area contributed by atoms with Crippen LogP contribution in [0.1, 0.15) is 129 Å². The van der Waals surface area contributed by atoms with Gasteiger partial charge in [-0.25, -0.2) is 0 Å².